The van der Waals surface area contributed by atoms with Crippen LogP contribution in [0.5, 0.6) is 0 Å². The summed E-state index contributed by atoms with van der Waals surface area (Å²) in [5.41, 5.74) is 1.52. The number of carbonyl (C=O) groups is 3. The molecular weight excluding hydrogens is 494 g/mol. The normalized spacial score (nSPS) is 30.1. The molecule has 198 valence electrons. The molecule has 10 nitrogen and oxygen atoms in total. The van der Waals surface area contributed by atoms with Crippen LogP contribution in [-0.2, 0) is 25.8 Å². The second-order valence-electron chi connectivity index (χ2n) is 10.2. The fraction of sp³-hybridized carbons (Fsp3) is 0.577. The van der Waals surface area contributed by atoms with Crippen molar-refractivity contribution >= 4 is 40.6 Å². The summed E-state index contributed by atoms with van der Waals surface area (Å²) in [6, 6.07) is 6.76. The monoisotopic (exact) mass is 527 g/mol. The minimum atomic E-state index is -0.766. The molecule has 5 rings (SSSR count). The van der Waals surface area contributed by atoms with E-state index in [2.05, 4.69) is 16.9 Å². The number of likely N-dealkylation sites (tertiary alicyclic amines) is 1. The Hall–Kier alpha value is -2.92. The lowest BCUT2D eigenvalue weighted by Gasteiger charge is -2.37. The second kappa shape index (κ2) is 9.75. The van der Waals surface area contributed by atoms with E-state index in [1.54, 1.807) is 39.2 Å². The maximum Gasteiger partial charge on any atom is 0.311 e. The Balaban J connectivity index is 1.53. The lowest BCUT2D eigenvalue weighted by atomic mass is 9.66. The van der Waals surface area contributed by atoms with Gasteiger partial charge in [-0.15, -0.1) is 23.4 Å². The second-order valence-corrected chi connectivity index (χ2v) is 12.1. The van der Waals surface area contributed by atoms with Gasteiger partial charge in [0.15, 0.2) is 0 Å². The smallest absolute Gasteiger partial charge is 0.311 e. The maximum atomic E-state index is 14.4. The molecule has 1 N–H and O–H groups in total. The third-order valence-corrected chi connectivity index (χ3v) is 9.98. The Morgan fingerprint density at radius 3 is 2.86 bits per heavy atom. The fourth-order valence-electron chi connectivity index (χ4n) is 6.51. The van der Waals surface area contributed by atoms with Crippen LogP contribution in [0.1, 0.15) is 33.1 Å². The number of aliphatic hydroxyl groups is 1. The van der Waals surface area contributed by atoms with E-state index >= 15 is 0 Å². The number of benzene rings is 1. The van der Waals surface area contributed by atoms with Crippen LogP contribution in [0.25, 0.3) is 11.0 Å². The van der Waals surface area contributed by atoms with Gasteiger partial charge in [-0.2, -0.15) is 0 Å². The van der Waals surface area contributed by atoms with Crippen molar-refractivity contribution < 1.29 is 24.2 Å². The standard InChI is InChI=1S/C26H33N5O5S/c1-4-13-29(16-31-18-10-7-6-9-17(18)27-28-31)23(34)21-26-12-11-25(3,37-26)20(24(35)36-5-2)19(26)22(33)30(21)14-8-15-32/h4,6-7,9-10,19-21,32H,1,5,8,11-16H2,2-3H3/t19-,20+,21?,25-,26?/m0/s1. The van der Waals surface area contributed by atoms with Crippen LogP contribution >= 0.6 is 11.8 Å². The molecule has 1 aromatic heterocycles. The van der Waals surface area contributed by atoms with Gasteiger partial charge in [-0.3, -0.25) is 14.4 Å². The first-order valence-corrected chi connectivity index (χ1v) is 13.6. The highest BCUT2D eigenvalue weighted by molar-refractivity contribution is 8.02. The molecule has 37 heavy (non-hydrogen) atoms. The molecule has 1 aromatic carbocycles. The van der Waals surface area contributed by atoms with Crippen molar-refractivity contribution in [1.82, 2.24) is 24.8 Å². The van der Waals surface area contributed by atoms with Gasteiger partial charge < -0.3 is 19.6 Å². The molecule has 0 aliphatic carbocycles. The van der Waals surface area contributed by atoms with Crippen molar-refractivity contribution in [2.24, 2.45) is 11.8 Å². The summed E-state index contributed by atoms with van der Waals surface area (Å²) < 4.78 is 5.88. The van der Waals surface area contributed by atoms with Crippen molar-refractivity contribution in [1.29, 1.82) is 0 Å². The summed E-state index contributed by atoms with van der Waals surface area (Å²) in [4.78, 5) is 44.7. The quantitative estimate of drug-likeness (QED) is 0.367. The lowest BCUT2D eigenvalue weighted by molar-refractivity contribution is -0.155. The van der Waals surface area contributed by atoms with Gasteiger partial charge in [0, 0.05) is 24.4 Å². The molecule has 4 heterocycles. The van der Waals surface area contributed by atoms with Crippen LogP contribution in [0.2, 0.25) is 0 Å². The number of carbonyl (C=O) groups excluding carboxylic acids is 3. The Kier molecular flexibility index (Phi) is 6.78. The number of aliphatic hydroxyl groups excluding tert-OH is 1. The van der Waals surface area contributed by atoms with E-state index < -0.39 is 27.4 Å². The van der Waals surface area contributed by atoms with Gasteiger partial charge in [-0.25, -0.2) is 4.68 Å². The van der Waals surface area contributed by atoms with E-state index in [-0.39, 0.29) is 50.8 Å². The molecule has 3 aliphatic heterocycles. The third kappa shape index (κ3) is 3.94. The van der Waals surface area contributed by atoms with Crippen LogP contribution < -0.4 is 0 Å². The fourth-order valence-corrected chi connectivity index (χ4v) is 8.85. The Morgan fingerprint density at radius 2 is 2.14 bits per heavy atom. The van der Waals surface area contributed by atoms with Gasteiger partial charge >= 0.3 is 5.97 Å². The number of hydrogen-bond donors (Lipinski definition) is 1. The maximum absolute atomic E-state index is 14.4. The van der Waals surface area contributed by atoms with E-state index in [4.69, 9.17) is 4.74 Å². The van der Waals surface area contributed by atoms with Crippen LogP contribution in [0, 0.1) is 11.8 Å². The van der Waals surface area contributed by atoms with Gasteiger partial charge in [0.2, 0.25) is 11.8 Å². The van der Waals surface area contributed by atoms with Gasteiger partial charge in [0.25, 0.3) is 0 Å². The van der Waals surface area contributed by atoms with Crippen LogP contribution in [-0.4, -0.2) is 89.5 Å². The number of para-hydroxylation sites is 1. The molecule has 0 saturated carbocycles. The summed E-state index contributed by atoms with van der Waals surface area (Å²) >= 11 is 1.60. The van der Waals surface area contributed by atoms with Gasteiger partial charge in [0.05, 0.1) is 28.7 Å². The molecule has 2 bridgehead atoms. The van der Waals surface area contributed by atoms with Crippen molar-refractivity contribution in [3.63, 3.8) is 0 Å². The molecule has 1 spiro atoms. The highest BCUT2D eigenvalue weighted by Gasteiger charge is 2.77. The summed E-state index contributed by atoms with van der Waals surface area (Å²) in [6.07, 6.45) is 3.38. The number of nitrogens with zero attached hydrogens (tertiary/aromatic N) is 5. The van der Waals surface area contributed by atoms with Crippen molar-refractivity contribution in [3.8, 4) is 0 Å². The summed E-state index contributed by atoms with van der Waals surface area (Å²) in [7, 11) is 0. The highest BCUT2D eigenvalue weighted by atomic mass is 32.2. The highest BCUT2D eigenvalue weighted by Crippen LogP contribution is 2.71. The number of thioether (sulfide) groups is 1. The Labute approximate surface area is 220 Å². The average molecular weight is 528 g/mol. The summed E-state index contributed by atoms with van der Waals surface area (Å²) in [6.45, 7) is 8.40. The van der Waals surface area contributed by atoms with Gasteiger partial charge in [-0.1, -0.05) is 23.4 Å². The summed E-state index contributed by atoms with van der Waals surface area (Å²) in [5, 5.41) is 18.0. The topological polar surface area (TPSA) is 118 Å². The Morgan fingerprint density at radius 1 is 1.35 bits per heavy atom. The lowest BCUT2D eigenvalue weighted by Crippen LogP contribution is -2.55. The van der Waals surface area contributed by atoms with Gasteiger partial charge in [-0.05, 0) is 45.2 Å². The number of ether oxygens (including phenoxy) is 1. The number of rotatable bonds is 10. The van der Waals surface area contributed by atoms with E-state index in [0.717, 1.165) is 17.5 Å². The van der Waals surface area contributed by atoms with E-state index in [1.165, 1.54) is 0 Å². The molecular formula is C26H33N5O5S. The van der Waals surface area contributed by atoms with E-state index in [1.807, 2.05) is 31.2 Å². The molecule has 2 amide bonds. The first-order chi connectivity index (χ1) is 17.8. The van der Waals surface area contributed by atoms with Crippen molar-refractivity contribution in [2.45, 2.75) is 55.3 Å². The molecule has 5 atom stereocenters. The third-order valence-electron chi connectivity index (χ3n) is 7.99. The number of amides is 2. The zero-order valence-electron chi connectivity index (χ0n) is 21.2. The predicted octanol–water partition coefficient (Wildman–Crippen LogP) is 1.83. The first kappa shape index (κ1) is 25.7. The largest absolute Gasteiger partial charge is 0.466 e. The van der Waals surface area contributed by atoms with Crippen LogP contribution in [0.15, 0.2) is 36.9 Å². The number of fused-ring (bicyclic) bond motifs is 2. The molecule has 3 saturated heterocycles. The molecule has 3 fully saturated rings. The number of hydrogen-bond acceptors (Lipinski definition) is 8. The van der Waals surface area contributed by atoms with Crippen molar-refractivity contribution in [3.05, 3.63) is 36.9 Å². The predicted molar refractivity (Wildman–Crippen MR) is 138 cm³/mol. The zero-order chi connectivity index (χ0) is 26.4. The minimum absolute atomic E-state index is 0.101. The van der Waals surface area contributed by atoms with Gasteiger partial charge in [0.1, 0.15) is 18.2 Å². The first-order valence-electron chi connectivity index (χ1n) is 12.8. The van der Waals surface area contributed by atoms with Crippen molar-refractivity contribution in [2.75, 3.05) is 26.3 Å². The van der Waals surface area contributed by atoms with E-state index in [0.29, 0.717) is 12.8 Å². The van der Waals surface area contributed by atoms with E-state index in [9.17, 15) is 19.5 Å². The number of esters is 1. The molecule has 11 heteroatoms. The minimum Gasteiger partial charge on any atom is -0.466 e. The molecule has 2 aromatic rings. The van der Waals surface area contributed by atoms with Crippen LogP contribution in [0.4, 0.5) is 0 Å². The molecule has 2 unspecified atom stereocenters. The summed E-state index contributed by atoms with van der Waals surface area (Å²) in [5.74, 6) is -2.04. The Bertz CT molecular complexity index is 1230. The average Bonchev–Trinajstić information content (AvgIpc) is 3.58. The molecule has 3 aliphatic rings. The molecule has 0 radical (unpaired) electrons. The van der Waals surface area contributed by atoms with Crippen LogP contribution in [0.3, 0.4) is 0 Å². The number of aromatic nitrogens is 3. The zero-order valence-corrected chi connectivity index (χ0v) is 22.0. The SMILES string of the molecule is C=CCN(Cn1nnc2ccccc21)C(=O)C1N(CCCO)C(=O)[C@@H]2[C@H](C(=O)OCC)[C@]3(C)CCC12S3.